The van der Waals surface area contributed by atoms with Gasteiger partial charge in [0.1, 0.15) is 5.82 Å². The van der Waals surface area contributed by atoms with Crippen molar-refractivity contribution in [3.63, 3.8) is 0 Å². The molecule has 1 aromatic heterocycles. The van der Waals surface area contributed by atoms with Crippen LogP contribution in [-0.4, -0.2) is 47.6 Å². The lowest BCUT2D eigenvalue weighted by Crippen LogP contribution is -2.47. The van der Waals surface area contributed by atoms with Gasteiger partial charge < -0.3 is 9.80 Å². The second-order valence-corrected chi connectivity index (χ2v) is 8.57. The van der Waals surface area contributed by atoms with Gasteiger partial charge in [0, 0.05) is 69.7 Å². The molecule has 0 amide bonds. The Hall–Kier alpha value is -2.70. The summed E-state index contributed by atoms with van der Waals surface area (Å²) in [6.07, 6.45) is 2.85. The Kier molecular flexibility index (Phi) is 5.74. The highest BCUT2D eigenvalue weighted by Gasteiger charge is 2.23. The van der Waals surface area contributed by atoms with Crippen LogP contribution in [0.1, 0.15) is 16.8 Å². The van der Waals surface area contributed by atoms with Gasteiger partial charge in [0.15, 0.2) is 0 Å². The van der Waals surface area contributed by atoms with E-state index in [1.54, 1.807) is 6.07 Å². The van der Waals surface area contributed by atoms with Gasteiger partial charge in [-0.25, -0.2) is 14.4 Å². The lowest BCUT2D eigenvalue weighted by Gasteiger charge is -2.36. The van der Waals surface area contributed by atoms with Gasteiger partial charge in [-0.15, -0.1) is 0 Å². The Morgan fingerprint density at radius 1 is 0.935 bits per heavy atom. The van der Waals surface area contributed by atoms with E-state index in [4.69, 9.17) is 16.6 Å². The SMILES string of the molecule is Fc1cc(CN2CCc3nc(N4CCN(c5ccccc5)CC4)ncc3C2)ccc1Cl. The maximum Gasteiger partial charge on any atom is 0.225 e. The molecule has 7 heteroatoms. The summed E-state index contributed by atoms with van der Waals surface area (Å²) >= 11 is 5.80. The Morgan fingerprint density at radius 3 is 2.48 bits per heavy atom. The quantitative estimate of drug-likeness (QED) is 0.612. The summed E-state index contributed by atoms with van der Waals surface area (Å²) in [7, 11) is 0. The molecule has 0 bridgehead atoms. The Bertz CT molecular complexity index is 1050. The molecule has 0 aliphatic carbocycles. The second-order valence-electron chi connectivity index (χ2n) is 8.16. The van der Waals surface area contributed by atoms with Gasteiger partial charge in [-0.2, -0.15) is 0 Å². The zero-order chi connectivity index (χ0) is 21.2. The predicted octanol–water partition coefficient (Wildman–Crippen LogP) is 4.15. The van der Waals surface area contributed by atoms with E-state index in [-0.39, 0.29) is 10.8 Å². The van der Waals surface area contributed by atoms with Gasteiger partial charge in [-0.1, -0.05) is 35.9 Å². The number of aromatic nitrogens is 2. The molecule has 5 nitrogen and oxygen atoms in total. The van der Waals surface area contributed by atoms with E-state index in [0.29, 0.717) is 6.54 Å². The summed E-state index contributed by atoms with van der Waals surface area (Å²) < 4.78 is 13.7. The van der Waals surface area contributed by atoms with Crippen molar-refractivity contribution >= 4 is 23.2 Å². The van der Waals surface area contributed by atoms with E-state index in [1.807, 2.05) is 12.3 Å². The zero-order valence-corrected chi connectivity index (χ0v) is 18.1. The molecule has 0 radical (unpaired) electrons. The summed E-state index contributed by atoms with van der Waals surface area (Å²) in [4.78, 5) is 16.6. The van der Waals surface area contributed by atoms with Gasteiger partial charge in [0.25, 0.3) is 0 Å². The molecule has 0 atom stereocenters. The van der Waals surface area contributed by atoms with Crippen LogP contribution < -0.4 is 9.80 Å². The van der Waals surface area contributed by atoms with Crippen molar-refractivity contribution in [2.75, 3.05) is 42.5 Å². The molecule has 1 saturated heterocycles. The second kappa shape index (κ2) is 8.81. The molecule has 2 aromatic carbocycles. The first-order valence-electron chi connectivity index (χ1n) is 10.7. The van der Waals surface area contributed by atoms with Crippen LogP contribution in [0.25, 0.3) is 0 Å². The zero-order valence-electron chi connectivity index (χ0n) is 17.3. The molecular formula is C24H25ClFN5. The lowest BCUT2D eigenvalue weighted by atomic mass is 10.1. The highest BCUT2D eigenvalue weighted by Crippen LogP contribution is 2.23. The number of halogens is 2. The maximum atomic E-state index is 13.7. The van der Waals surface area contributed by atoms with Gasteiger partial charge >= 0.3 is 0 Å². The number of piperazine rings is 1. The minimum absolute atomic E-state index is 0.165. The molecule has 0 N–H and O–H groups in total. The predicted molar refractivity (Wildman–Crippen MR) is 122 cm³/mol. The highest BCUT2D eigenvalue weighted by molar-refractivity contribution is 6.30. The number of hydrogen-bond donors (Lipinski definition) is 0. The number of para-hydroxylation sites is 1. The summed E-state index contributed by atoms with van der Waals surface area (Å²) in [5.41, 5.74) is 4.50. The van der Waals surface area contributed by atoms with Crippen molar-refractivity contribution in [1.82, 2.24) is 14.9 Å². The van der Waals surface area contributed by atoms with Crippen molar-refractivity contribution in [3.05, 3.63) is 82.4 Å². The van der Waals surface area contributed by atoms with Crippen molar-refractivity contribution in [3.8, 4) is 0 Å². The molecule has 2 aliphatic rings. The van der Waals surface area contributed by atoms with E-state index in [0.717, 1.165) is 68.5 Å². The van der Waals surface area contributed by atoms with Crippen LogP contribution in [0.2, 0.25) is 5.02 Å². The first-order valence-corrected chi connectivity index (χ1v) is 11.1. The smallest absolute Gasteiger partial charge is 0.225 e. The Morgan fingerprint density at radius 2 is 1.71 bits per heavy atom. The molecule has 1 fully saturated rings. The molecule has 3 heterocycles. The normalized spacial score (nSPS) is 17.0. The van der Waals surface area contributed by atoms with Crippen LogP contribution in [0.3, 0.4) is 0 Å². The topological polar surface area (TPSA) is 35.5 Å². The average molecular weight is 438 g/mol. The van der Waals surface area contributed by atoms with E-state index < -0.39 is 0 Å². The molecule has 160 valence electrons. The third-order valence-corrected chi connectivity index (χ3v) is 6.38. The number of benzene rings is 2. The van der Waals surface area contributed by atoms with Crippen LogP contribution >= 0.6 is 11.6 Å². The molecule has 0 saturated carbocycles. The highest BCUT2D eigenvalue weighted by atomic mass is 35.5. The molecule has 2 aliphatic heterocycles. The van der Waals surface area contributed by atoms with Crippen molar-refractivity contribution < 1.29 is 4.39 Å². The monoisotopic (exact) mass is 437 g/mol. The molecule has 5 rings (SSSR count). The standard InChI is InChI=1S/C24H25ClFN5/c25-21-7-6-18(14-22(21)26)16-29-9-8-23-19(17-29)15-27-24(28-23)31-12-10-30(11-13-31)20-4-2-1-3-5-20/h1-7,14-15H,8-13,16-17H2. The third kappa shape index (κ3) is 4.50. The Labute approximate surface area is 187 Å². The van der Waals surface area contributed by atoms with Gasteiger partial charge in [0.2, 0.25) is 5.95 Å². The molecule has 0 spiro atoms. The van der Waals surface area contributed by atoms with Crippen LogP contribution in [0.15, 0.2) is 54.7 Å². The summed E-state index contributed by atoms with van der Waals surface area (Å²) in [6, 6.07) is 15.6. The molecule has 3 aromatic rings. The number of nitrogens with zero attached hydrogens (tertiary/aromatic N) is 5. The Balaban J connectivity index is 1.21. The van der Waals surface area contributed by atoms with Crippen LogP contribution in [-0.2, 0) is 19.5 Å². The average Bonchev–Trinajstić information content (AvgIpc) is 2.82. The fraction of sp³-hybridized carbons (Fsp3) is 0.333. The maximum absolute atomic E-state index is 13.7. The first kappa shape index (κ1) is 20.2. The van der Waals surface area contributed by atoms with Crippen LogP contribution in [0.5, 0.6) is 0 Å². The van der Waals surface area contributed by atoms with Crippen molar-refractivity contribution in [2.45, 2.75) is 19.5 Å². The molecule has 31 heavy (non-hydrogen) atoms. The summed E-state index contributed by atoms with van der Waals surface area (Å²) in [5, 5.41) is 0.165. The van der Waals surface area contributed by atoms with Crippen molar-refractivity contribution in [1.29, 1.82) is 0 Å². The van der Waals surface area contributed by atoms with Crippen LogP contribution in [0.4, 0.5) is 16.0 Å². The number of hydrogen-bond acceptors (Lipinski definition) is 5. The largest absolute Gasteiger partial charge is 0.368 e. The summed E-state index contributed by atoms with van der Waals surface area (Å²) in [6.45, 7) is 6.14. The summed E-state index contributed by atoms with van der Waals surface area (Å²) in [5.74, 6) is 0.469. The van der Waals surface area contributed by atoms with Gasteiger partial charge in [-0.3, -0.25) is 4.90 Å². The van der Waals surface area contributed by atoms with E-state index in [9.17, 15) is 4.39 Å². The molecule has 0 unspecified atom stereocenters. The minimum Gasteiger partial charge on any atom is -0.368 e. The third-order valence-electron chi connectivity index (χ3n) is 6.07. The van der Waals surface area contributed by atoms with Crippen molar-refractivity contribution in [2.24, 2.45) is 0 Å². The van der Waals surface area contributed by atoms with E-state index in [2.05, 4.69) is 50.0 Å². The molecular weight excluding hydrogens is 413 g/mol. The number of fused-ring (bicyclic) bond motifs is 1. The van der Waals surface area contributed by atoms with E-state index >= 15 is 0 Å². The van der Waals surface area contributed by atoms with Crippen LogP contribution in [0, 0.1) is 5.82 Å². The first-order chi connectivity index (χ1) is 15.2. The number of anilines is 2. The van der Waals surface area contributed by atoms with Gasteiger partial charge in [0.05, 0.1) is 10.7 Å². The van der Waals surface area contributed by atoms with Gasteiger partial charge in [-0.05, 0) is 29.8 Å². The number of rotatable bonds is 4. The van der Waals surface area contributed by atoms with E-state index in [1.165, 1.54) is 11.8 Å². The minimum atomic E-state index is -0.364. The fourth-order valence-electron chi connectivity index (χ4n) is 4.35. The fourth-order valence-corrected chi connectivity index (χ4v) is 4.47. The lowest BCUT2D eigenvalue weighted by molar-refractivity contribution is 0.242.